The van der Waals surface area contributed by atoms with Gasteiger partial charge in [0.2, 0.25) is 6.43 Å². The number of nitrogens with zero attached hydrogens (tertiary/aromatic N) is 2. The molecule has 0 aliphatic carbocycles. The summed E-state index contributed by atoms with van der Waals surface area (Å²) in [5.41, 5.74) is -3.93. The number of benzene rings is 2. The van der Waals surface area contributed by atoms with E-state index in [-0.39, 0.29) is 22.2 Å². The maximum absolute atomic E-state index is 13.9. The van der Waals surface area contributed by atoms with Gasteiger partial charge in [-0.25, -0.2) is 23.1 Å². The Morgan fingerprint density at radius 2 is 1.64 bits per heavy atom. The molecule has 2 aromatic carbocycles. The second kappa shape index (κ2) is 9.75. The lowest BCUT2D eigenvalue weighted by Gasteiger charge is -2.32. The van der Waals surface area contributed by atoms with Crippen molar-refractivity contribution in [1.29, 1.82) is 0 Å². The standard InChI is InChI=1S/C24H24F5N3O4/c1-22(2,3)36-21(34)31-17-6-5-7-18-16(17)13-30-32(18)23(12-19(25)26,20(33)35-4)14-8-10-15(11-9-14)24(27,28)29/h5-11,13,19H,12H2,1-4H3,(H,31,34). The van der Waals surface area contributed by atoms with Gasteiger partial charge in [-0.2, -0.15) is 18.3 Å². The smallest absolute Gasteiger partial charge is 0.416 e. The van der Waals surface area contributed by atoms with E-state index in [1.54, 1.807) is 20.8 Å². The monoisotopic (exact) mass is 513 g/mol. The van der Waals surface area contributed by atoms with Crippen LogP contribution in [0, 0.1) is 0 Å². The Morgan fingerprint density at radius 3 is 2.17 bits per heavy atom. The summed E-state index contributed by atoms with van der Waals surface area (Å²) in [5, 5.41) is 6.97. The number of hydrogen-bond acceptors (Lipinski definition) is 5. The summed E-state index contributed by atoms with van der Waals surface area (Å²) in [4.78, 5) is 25.4. The quantitative estimate of drug-likeness (QED) is 0.324. The number of amides is 1. The number of methoxy groups -OCH3 is 1. The highest BCUT2D eigenvalue weighted by atomic mass is 19.4. The van der Waals surface area contributed by atoms with Gasteiger partial charge in [0.25, 0.3) is 0 Å². The highest BCUT2D eigenvalue weighted by molar-refractivity contribution is 5.99. The highest BCUT2D eigenvalue weighted by Crippen LogP contribution is 2.39. The van der Waals surface area contributed by atoms with Gasteiger partial charge in [0.05, 0.1) is 30.1 Å². The molecule has 1 amide bonds. The van der Waals surface area contributed by atoms with Crippen LogP contribution in [-0.2, 0) is 26.0 Å². The third kappa shape index (κ3) is 5.42. The van der Waals surface area contributed by atoms with Gasteiger partial charge in [-0.1, -0.05) is 18.2 Å². The average molecular weight is 513 g/mol. The Morgan fingerprint density at radius 1 is 1.03 bits per heavy atom. The minimum Gasteiger partial charge on any atom is -0.467 e. The highest BCUT2D eigenvalue weighted by Gasteiger charge is 2.48. The van der Waals surface area contributed by atoms with Crippen molar-refractivity contribution >= 4 is 28.7 Å². The van der Waals surface area contributed by atoms with Crippen LogP contribution in [-0.4, -0.2) is 41.0 Å². The molecule has 3 aromatic rings. The number of aromatic nitrogens is 2. The first-order chi connectivity index (χ1) is 16.7. The molecule has 0 aliphatic heterocycles. The predicted octanol–water partition coefficient (Wildman–Crippen LogP) is 5.97. The molecule has 0 saturated carbocycles. The van der Waals surface area contributed by atoms with Gasteiger partial charge in [0, 0.05) is 11.8 Å². The minimum absolute atomic E-state index is 0.148. The van der Waals surface area contributed by atoms with E-state index in [2.05, 4.69) is 10.4 Å². The Balaban J connectivity index is 2.21. The molecule has 7 nitrogen and oxygen atoms in total. The number of hydrogen-bond donors (Lipinski definition) is 1. The van der Waals surface area contributed by atoms with Crippen molar-refractivity contribution in [1.82, 2.24) is 9.78 Å². The maximum Gasteiger partial charge on any atom is 0.416 e. The Labute approximate surface area is 203 Å². The topological polar surface area (TPSA) is 82.5 Å². The lowest BCUT2D eigenvalue weighted by atomic mass is 9.85. The van der Waals surface area contributed by atoms with Gasteiger partial charge in [0.15, 0.2) is 5.54 Å². The van der Waals surface area contributed by atoms with Crippen LogP contribution in [0.1, 0.15) is 38.3 Å². The van der Waals surface area contributed by atoms with Crippen LogP contribution in [0.3, 0.4) is 0 Å². The first kappa shape index (κ1) is 26.9. The summed E-state index contributed by atoms with van der Waals surface area (Å²) in [7, 11) is 0.980. The molecule has 1 heterocycles. The van der Waals surface area contributed by atoms with Crippen molar-refractivity contribution in [3.63, 3.8) is 0 Å². The molecule has 194 valence electrons. The zero-order chi connectivity index (χ0) is 26.9. The maximum atomic E-state index is 13.9. The molecule has 0 fully saturated rings. The normalized spacial score (nSPS) is 13.9. The van der Waals surface area contributed by atoms with E-state index in [0.29, 0.717) is 12.1 Å². The first-order valence-electron chi connectivity index (χ1n) is 10.7. The number of fused-ring (bicyclic) bond motifs is 1. The molecular formula is C24H24F5N3O4. The van der Waals surface area contributed by atoms with Gasteiger partial charge in [-0.05, 0) is 50.6 Å². The molecule has 1 atom stereocenters. The van der Waals surface area contributed by atoms with Gasteiger partial charge in [-0.3, -0.25) is 5.32 Å². The number of nitrogens with one attached hydrogen (secondary N) is 1. The minimum atomic E-state index is -4.67. The second-order valence-electron chi connectivity index (χ2n) is 8.94. The van der Waals surface area contributed by atoms with E-state index >= 15 is 0 Å². The van der Waals surface area contributed by atoms with Gasteiger partial charge in [-0.15, -0.1) is 0 Å². The molecule has 3 rings (SSSR count). The van der Waals surface area contributed by atoms with Crippen molar-refractivity contribution in [2.45, 2.75) is 50.9 Å². The van der Waals surface area contributed by atoms with Crippen LogP contribution in [0.2, 0.25) is 0 Å². The number of alkyl halides is 5. The fourth-order valence-corrected chi connectivity index (χ4v) is 3.82. The molecule has 0 radical (unpaired) electrons. The van der Waals surface area contributed by atoms with E-state index in [4.69, 9.17) is 9.47 Å². The molecule has 0 saturated heterocycles. The zero-order valence-electron chi connectivity index (χ0n) is 19.8. The third-order valence-corrected chi connectivity index (χ3v) is 5.27. The summed E-state index contributed by atoms with van der Waals surface area (Å²) >= 11 is 0. The van der Waals surface area contributed by atoms with E-state index in [9.17, 15) is 31.5 Å². The summed E-state index contributed by atoms with van der Waals surface area (Å²) in [5.74, 6) is -1.15. The van der Waals surface area contributed by atoms with Gasteiger partial charge in [0.1, 0.15) is 5.60 Å². The summed E-state index contributed by atoms with van der Waals surface area (Å²) in [6.45, 7) is 5.01. The van der Waals surface area contributed by atoms with Crippen molar-refractivity contribution in [3.05, 3.63) is 59.8 Å². The molecule has 0 aliphatic rings. The van der Waals surface area contributed by atoms with Gasteiger partial charge < -0.3 is 9.47 Å². The summed E-state index contributed by atoms with van der Waals surface area (Å²) in [6.07, 6.45) is -8.40. The average Bonchev–Trinajstić information content (AvgIpc) is 3.20. The van der Waals surface area contributed by atoms with Crippen molar-refractivity contribution in [2.24, 2.45) is 0 Å². The van der Waals surface area contributed by atoms with Crippen LogP contribution in [0.25, 0.3) is 10.9 Å². The molecular weight excluding hydrogens is 489 g/mol. The van der Waals surface area contributed by atoms with Crippen LogP contribution < -0.4 is 5.32 Å². The van der Waals surface area contributed by atoms with Crippen LogP contribution in [0.4, 0.5) is 32.4 Å². The Kier molecular flexibility index (Phi) is 7.28. The van der Waals surface area contributed by atoms with E-state index < -0.39 is 47.8 Å². The Hall–Kier alpha value is -3.70. The molecule has 0 spiro atoms. The number of anilines is 1. The molecule has 1 aromatic heterocycles. The van der Waals surface area contributed by atoms with Crippen molar-refractivity contribution in [3.8, 4) is 0 Å². The summed E-state index contributed by atoms with van der Waals surface area (Å²) < 4.78 is 78.1. The van der Waals surface area contributed by atoms with Crippen LogP contribution in [0.15, 0.2) is 48.7 Å². The van der Waals surface area contributed by atoms with Crippen LogP contribution >= 0.6 is 0 Å². The van der Waals surface area contributed by atoms with Crippen LogP contribution in [0.5, 0.6) is 0 Å². The number of ether oxygens (including phenoxy) is 2. The van der Waals surface area contributed by atoms with E-state index in [1.165, 1.54) is 24.4 Å². The largest absolute Gasteiger partial charge is 0.467 e. The molecule has 1 N–H and O–H groups in total. The lowest BCUT2D eigenvalue weighted by Crippen LogP contribution is -2.46. The SMILES string of the molecule is COC(=O)C(CC(F)F)(c1ccc(C(F)(F)F)cc1)n1ncc2c(NC(=O)OC(C)(C)C)cccc21. The molecule has 36 heavy (non-hydrogen) atoms. The third-order valence-electron chi connectivity index (χ3n) is 5.27. The second-order valence-corrected chi connectivity index (χ2v) is 8.94. The number of rotatable bonds is 6. The molecule has 1 unspecified atom stereocenters. The number of esters is 1. The summed E-state index contributed by atoms with van der Waals surface area (Å²) in [6, 6.07) is 7.75. The zero-order valence-corrected chi connectivity index (χ0v) is 19.8. The van der Waals surface area contributed by atoms with E-state index in [0.717, 1.165) is 23.9 Å². The fraction of sp³-hybridized carbons (Fsp3) is 0.375. The Bertz CT molecular complexity index is 1250. The van der Waals surface area contributed by atoms with E-state index in [1.807, 2.05) is 0 Å². The number of carbonyl (C=O) groups is 2. The van der Waals surface area contributed by atoms with Gasteiger partial charge >= 0.3 is 18.2 Å². The molecule has 0 bridgehead atoms. The number of halogens is 5. The van der Waals surface area contributed by atoms with Crippen molar-refractivity contribution in [2.75, 3.05) is 12.4 Å². The predicted molar refractivity (Wildman–Crippen MR) is 121 cm³/mol. The first-order valence-corrected chi connectivity index (χ1v) is 10.7. The fourth-order valence-electron chi connectivity index (χ4n) is 3.82. The lowest BCUT2D eigenvalue weighted by molar-refractivity contribution is -0.151. The number of carbonyl (C=O) groups excluding carboxylic acids is 2. The molecule has 12 heteroatoms. The van der Waals surface area contributed by atoms with Crippen molar-refractivity contribution < 1.29 is 41.0 Å².